The second-order valence-electron chi connectivity index (χ2n) is 6.50. The quantitative estimate of drug-likeness (QED) is 0.524. The van der Waals surface area contributed by atoms with Gasteiger partial charge in [-0.05, 0) is 45.0 Å². The van der Waals surface area contributed by atoms with Crippen molar-refractivity contribution < 1.29 is 19.1 Å². The average molecular weight is 401 g/mol. The first-order valence-corrected chi connectivity index (χ1v) is 9.88. The van der Waals surface area contributed by atoms with E-state index in [1.165, 1.54) is 11.8 Å². The molecule has 0 bridgehead atoms. The van der Waals surface area contributed by atoms with Crippen molar-refractivity contribution in [2.75, 3.05) is 17.7 Å². The highest BCUT2D eigenvalue weighted by molar-refractivity contribution is 8.00. The number of nitrogens with one attached hydrogen (secondary N) is 2. The Morgan fingerprint density at radius 1 is 1.00 bits per heavy atom. The molecule has 2 amide bonds. The second kappa shape index (κ2) is 10.5. The lowest BCUT2D eigenvalue weighted by Gasteiger charge is -2.11. The summed E-state index contributed by atoms with van der Waals surface area (Å²) in [6.45, 7) is 5.29. The summed E-state index contributed by atoms with van der Waals surface area (Å²) in [7, 11) is 0. The lowest BCUT2D eigenvalue weighted by atomic mass is 10.2. The van der Waals surface area contributed by atoms with Gasteiger partial charge in [-0.2, -0.15) is 0 Å². The first-order chi connectivity index (χ1) is 13.3. The van der Waals surface area contributed by atoms with Crippen molar-refractivity contribution in [1.29, 1.82) is 0 Å². The van der Waals surface area contributed by atoms with Crippen LogP contribution in [0.3, 0.4) is 0 Å². The molecule has 0 fully saturated rings. The van der Waals surface area contributed by atoms with Crippen molar-refractivity contribution in [2.45, 2.75) is 31.7 Å². The van der Waals surface area contributed by atoms with Crippen LogP contribution >= 0.6 is 11.8 Å². The van der Waals surface area contributed by atoms with Crippen LogP contribution in [0, 0.1) is 6.92 Å². The van der Waals surface area contributed by atoms with Crippen LogP contribution in [-0.2, 0) is 14.3 Å². The van der Waals surface area contributed by atoms with Crippen LogP contribution in [0.5, 0.6) is 0 Å². The van der Waals surface area contributed by atoms with E-state index in [-0.39, 0.29) is 30.2 Å². The fourth-order valence-corrected chi connectivity index (χ4v) is 3.15. The lowest BCUT2D eigenvalue weighted by molar-refractivity contribution is -0.124. The van der Waals surface area contributed by atoms with E-state index in [1.54, 1.807) is 24.3 Å². The molecule has 0 saturated carbocycles. The molecule has 0 atom stereocenters. The number of anilines is 1. The van der Waals surface area contributed by atoms with Crippen molar-refractivity contribution in [3.8, 4) is 0 Å². The van der Waals surface area contributed by atoms with Crippen LogP contribution in [-0.4, -0.2) is 36.2 Å². The first-order valence-electron chi connectivity index (χ1n) is 8.90. The van der Waals surface area contributed by atoms with Gasteiger partial charge in [0.15, 0.2) is 6.61 Å². The molecular weight excluding hydrogens is 376 g/mol. The molecule has 148 valence electrons. The average Bonchev–Trinajstić information content (AvgIpc) is 2.66. The highest BCUT2D eigenvalue weighted by atomic mass is 32.2. The minimum Gasteiger partial charge on any atom is -0.452 e. The fourth-order valence-electron chi connectivity index (χ4n) is 2.31. The summed E-state index contributed by atoms with van der Waals surface area (Å²) < 4.78 is 5.08. The van der Waals surface area contributed by atoms with E-state index in [0.29, 0.717) is 10.5 Å². The largest absolute Gasteiger partial charge is 0.452 e. The number of ether oxygens (including phenoxy) is 1. The van der Waals surface area contributed by atoms with E-state index in [0.717, 1.165) is 11.3 Å². The maximum atomic E-state index is 12.3. The molecular formula is C21H24N2O4S. The summed E-state index contributed by atoms with van der Waals surface area (Å²) in [5.41, 5.74) is 2.16. The minimum absolute atomic E-state index is 0.0268. The molecule has 0 aliphatic carbocycles. The van der Waals surface area contributed by atoms with Crippen LogP contribution in [0.4, 0.5) is 5.69 Å². The topological polar surface area (TPSA) is 84.5 Å². The minimum atomic E-state index is -0.596. The van der Waals surface area contributed by atoms with Gasteiger partial charge in [0.05, 0.1) is 11.3 Å². The Labute approximate surface area is 169 Å². The molecule has 0 aliphatic heterocycles. The third kappa shape index (κ3) is 7.08. The van der Waals surface area contributed by atoms with Crippen molar-refractivity contribution >= 4 is 35.2 Å². The molecule has 0 aliphatic rings. The Hall–Kier alpha value is -2.80. The Balaban J connectivity index is 1.91. The van der Waals surface area contributed by atoms with E-state index < -0.39 is 5.97 Å². The van der Waals surface area contributed by atoms with Gasteiger partial charge in [-0.15, -0.1) is 11.8 Å². The summed E-state index contributed by atoms with van der Waals surface area (Å²) in [4.78, 5) is 36.7. The summed E-state index contributed by atoms with van der Waals surface area (Å²) in [5.74, 6) is -0.980. The van der Waals surface area contributed by atoms with Gasteiger partial charge < -0.3 is 15.4 Å². The molecule has 0 aromatic heterocycles. The zero-order chi connectivity index (χ0) is 20.5. The summed E-state index contributed by atoms with van der Waals surface area (Å²) in [6, 6.07) is 14.3. The van der Waals surface area contributed by atoms with Gasteiger partial charge in [0.1, 0.15) is 0 Å². The molecule has 6 nitrogen and oxygen atoms in total. The van der Waals surface area contributed by atoms with Crippen molar-refractivity contribution in [3.05, 3.63) is 59.7 Å². The van der Waals surface area contributed by atoms with Gasteiger partial charge in [0.25, 0.3) is 5.91 Å². The third-order valence-electron chi connectivity index (χ3n) is 3.59. The normalized spacial score (nSPS) is 10.4. The second-order valence-corrected chi connectivity index (χ2v) is 7.51. The number of hydrogen-bond acceptors (Lipinski definition) is 5. The van der Waals surface area contributed by atoms with Crippen LogP contribution in [0.25, 0.3) is 0 Å². The summed E-state index contributed by atoms with van der Waals surface area (Å²) >= 11 is 1.24. The maximum Gasteiger partial charge on any atom is 0.339 e. The zero-order valence-corrected chi connectivity index (χ0v) is 17.0. The Morgan fingerprint density at radius 2 is 1.68 bits per heavy atom. The predicted octanol–water partition coefficient (Wildman–Crippen LogP) is 3.41. The molecule has 2 aromatic carbocycles. The third-order valence-corrected chi connectivity index (χ3v) is 4.66. The van der Waals surface area contributed by atoms with Crippen molar-refractivity contribution in [2.24, 2.45) is 0 Å². The molecule has 2 aromatic rings. The molecule has 0 radical (unpaired) electrons. The van der Waals surface area contributed by atoms with E-state index in [2.05, 4.69) is 10.6 Å². The maximum absolute atomic E-state index is 12.3. The first kappa shape index (κ1) is 21.5. The molecule has 0 spiro atoms. The molecule has 0 heterocycles. The number of hydrogen-bond donors (Lipinski definition) is 2. The predicted molar refractivity (Wildman–Crippen MR) is 111 cm³/mol. The van der Waals surface area contributed by atoms with Crippen LogP contribution in [0.1, 0.15) is 29.8 Å². The van der Waals surface area contributed by atoms with Gasteiger partial charge >= 0.3 is 5.97 Å². The van der Waals surface area contributed by atoms with Gasteiger partial charge in [-0.1, -0.05) is 29.8 Å². The summed E-state index contributed by atoms with van der Waals surface area (Å²) in [6.07, 6.45) is 0. The van der Waals surface area contributed by atoms with Gasteiger partial charge in [0, 0.05) is 16.6 Å². The number of rotatable bonds is 8. The SMILES string of the molecule is Cc1ccc(NC(=O)CSc2ccccc2C(=O)OCC(=O)NC(C)C)cc1. The molecule has 28 heavy (non-hydrogen) atoms. The van der Waals surface area contributed by atoms with E-state index in [9.17, 15) is 14.4 Å². The monoisotopic (exact) mass is 400 g/mol. The number of carbonyl (C=O) groups is 3. The lowest BCUT2D eigenvalue weighted by Crippen LogP contribution is -2.34. The van der Waals surface area contributed by atoms with Gasteiger partial charge in [0.2, 0.25) is 5.91 Å². The molecule has 2 rings (SSSR count). The Kier molecular flexibility index (Phi) is 8.07. The van der Waals surface area contributed by atoms with Crippen LogP contribution in [0.15, 0.2) is 53.4 Å². The Morgan fingerprint density at radius 3 is 2.36 bits per heavy atom. The highest BCUT2D eigenvalue weighted by Crippen LogP contribution is 2.23. The Bertz CT molecular complexity index is 835. The molecule has 0 saturated heterocycles. The number of benzene rings is 2. The number of carbonyl (C=O) groups excluding carboxylic acids is 3. The molecule has 0 unspecified atom stereocenters. The van der Waals surface area contributed by atoms with Crippen molar-refractivity contribution in [1.82, 2.24) is 5.32 Å². The highest BCUT2D eigenvalue weighted by Gasteiger charge is 2.16. The standard InChI is InChI=1S/C21H24N2O4S/c1-14(2)22-19(24)12-27-21(26)17-6-4-5-7-18(17)28-13-20(25)23-16-10-8-15(3)9-11-16/h4-11,14H,12-13H2,1-3H3,(H,22,24)(H,23,25). The molecule has 2 N–H and O–H groups in total. The van der Waals surface area contributed by atoms with E-state index >= 15 is 0 Å². The fraction of sp³-hybridized carbons (Fsp3) is 0.286. The smallest absolute Gasteiger partial charge is 0.339 e. The van der Waals surface area contributed by atoms with Crippen LogP contribution < -0.4 is 10.6 Å². The number of thioether (sulfide) groups is 1. The van der Waals surface area contributed by atoms with Gasteiger partial charge in [-0.25, -0.2) is 4.79 Å². The van der Waals surface area contributed by atoms with E-state index in [4.69, 9.17) is 4.74 Å². The van der Waals surface area contributed by atoms with Gasteiger partial charge in [-0.3, -0.25) is 9.59 Å². The number of aryl methyl sites for hydroxylation is 1. The molecule has 7 heteroatoms. The zero-order valence-electron chi connectivity index (χ0n) is 16.2. The summed E-state index contributed by atoms with van der Waals surface area (Å²) in [5, 5.41) is 5.47. The number of amides is 2. The number of esters is 1. The van der Waals surface area contributed by atoms with E-state index in [1.807, 2.05) is 45.0 Å². The van der Waals surface area contributed by atoms with Crippen LogP contribution in [0.2, 0.25) is 0 Å². The van der Waals surface area contributed by atoms with Crippen molar-refractivity contribution in [3.63, 3.8) is 0 Å².